The zero-order valence-corrected chi connectivity index (χ0v) is 19.0. The first-order valence-corrected chi connectivity index (χ1v) is 10.7. The standard InChI is InChI=1S/C23H27N5O6/c1-33-15-20(29)28-10-9-27(22(31)17-6-4-8-25-13-17)14-19(28)21(30)26-18(23(32)34-2)11-16-5-3-7-24-12-16/h3-8,12-13,18-19H,9-11,14-15H2,1-2H3,(H,26,30)/t18-,19-/m1/s1. The van der Waals surface area contributed by atoms with Gasteiger partial charge in [0.05, 0.1) is 19.2 Å². The highest BCUT2D eigenvalue weighted by molar-refractivity contribution is 5.96. The van der Waals surface area contributed by atoms with E-state index in [4.69, 9.17) is 9.47 Å². The number of nitrogens with one attached hydrogen (secondary N) is 1. The molecule has 1 saturated heterocycles. The summed E-state index contributed by atoms with van der Waals surface area (Å²) < 4.78 is 9.81. The van der Waals surface area contributed by atoms with E-state index in [1.165, 1.54) is 30.2 Å². The van der Waals surface area contributed by atoms with E-state index in [-0.39, 0.29) is 38.6 Å². The maximum Gasteiger partial charge on any atom is 0.328 e. The largest absolute Gasteiger partial charge is 0.467 e. The van der Waals surface area contributed by atoms with Crippen molar-refractivity contribution in [3.8, 4) is 0 Å². The second-order valence-electron chi connectivity index (χ2n) is 7.68. The summed E-state index contributed by atoms with van der Waals surface area (Å²) in [4.78, 5) is 62.1. The average Bonchev–Trinajstić information content (AvgIpc) is 2.88. The second-order valence-corrected chi connectivity index (χ2v) is 7.68. The normalized spacial score (nSPS) is 16.5. The molecule has 2 aromatic rings. The zero-order chi connectivity index (χ0) is 24.5. The summed E-state index contributed by atoms with van der Waals surface area (Å²) in [7, 11) is 2.62. The van der Waals surface area contributed by atoms with Gasteiger partial charge in [-0.25, -0.2) is 4.79 Å². The van der Waals surface area contributed by atoms with Crippen LogP contribution in [0.5, 0.6) is 0 Å². The first-order valence-electron chi connectivity index (χ1n) is 10.7. The monoisotopic (exact) mass is 469 g/mol. The molecule has 3 heterocycles. The molecule has 3 rings (SSSR count). The fraction of sp³-hybridized carbons (Fsp3) is 0.391. The van der Waals surface area contributed by atoms with E-state index in [0.29, 0.717) is 5.56 Å². The molecular weight excluding hydrogens is 442 g/mol. The zero-order valence-electron chi connectivity index (χ0n) is 19.0. The predicted molar refractivity (Wildman–Crippen MR) is 119 cm³/mol. The van der Waals surface area contributed by atoms with E-state index in [1.807, 2.05) is 0 Å². The van der Waals surface area contributed by atoms with Gasteiger partial charge in [0, 0.05) is 51.4 Å². The summed E-state index contributed by atoms with van der Waals surface area (Å²) in [6.45, 7) is 0.118. The fourth-order valence-electron chi connectivity index (χ4n) is 3.73. The molecule has 1 fully saturated rings. The highest BCUT2D eigenvalue weighted by Gasteiger charge is 2.38. The number of nitrogens with zero attached hydrogens (tertiary/aromatic N) is 4. The summed E-state index contributed by atoms with van der Waals surface area (Å²) in [6.07, 6.45) is 6.35. The van der Waals surface area contributed by atoms with E-state index in [1.54, 1.807) is 42.9 Å². The Kier molecular flexibility index (Phi) is 8.63. The highest BCUT2D eigenvalue weighted by Crippen LogP contribution is 2.15. The van der Waals surface area contributed by atoms with Gasteiger partial charge in [-0.3, -0.25) is 24.4 Å². The minimum absolute atomic E-state index is 0.0458. The average molecular weight is 469 g/mol. The van der Waals surface area contributed by atoms with Crippen LogP contribution in [0.1, 0.15) is 15.9 Å². The number of hydrogen-bond acceptors (Lipinski definition) is 8. The third-order valence-corrected chi connectivity index (χ3v) is 5.43. The number of aromatic nitrogens is 2. The van der Waals surface area contributed by atoms with Crippen molar-refractivity contribution in [2.24, 2.45) is 0 Å². The minimum atomic E-state index is -1.02. The molecule has 180 valence electrons. The maximum absolute atomic E-state index is 13.3. The molecule has 0 saturated carbocycles. The lowest BCUT2D eigenvalue weighted by atomic mass is 10.1. The van der Waals surface area contributed by atoms with Gasteiger partial charge in [0.1, 0.15) is 18.7 Å². The van der Waals surface area contributed by atoms with Crippen LogP contribution < -0.4 is 5.32 Å². The topological polar surface area (TPSA) is 131 Å². The number of ether oxygens (including phenoxy) is 2. The van der Waals surface area contributed by atoms with Crippen LogP contribution in [0.4, 0.5) is 0 Å². The minimum Gasteiger partial charge on any atom is -0.467 e. The van der Waals surface area contributed by atoms with Crippen molar-refractivity contribution in [1.29, 1.82) is 0 Å². The van der Waals surface area contributed by atoms with Crippen LogP contribution in [-0.2, 0) is 30.3 Å². The molecule has 0 bridgehead atoms. The Balaban J connectivity index is 1.80. The van der Waals surface area contributed by atoms with Gasteiger partial charge >= 0.3 is 5.97 Å². The summed E-state index contributed by atoms with van der Waals surface area (Å²) >= 11 is 0. The number of piperazine rings is 1. The molecule has 2 atom stereocenters. The van der Waals surface area contributed by atoms with Crippen LogP contribution in [0.2, 0.25) is 0 Å². The SMILES string of the molecule is COCC(=O)N1CCN(C(=O)c2cccnc2)C[C@@H]1C(=O)N[C@H](Cc1cccnc1)C(=O)OC. The Hall–Kier alpha value is -3.86. The van der Waals surface area contributed by atoms with Crippen LogP contribution in [-0.4, -0.2) is 96.0 Å². The molecule has 1 N–H and O–H groups in total. The molecule has 0 unspecified atom stereocenters. The van der Waals surface area contributed by atoms with Crippen LogP contribution in [0.25, 0.3) is 0 Å². The van der Waals surface area contributed by atoms with Crippen LogP contribution in [0, 0.1) is 0 Å². The molecule has 3 amide bonds. The van der Waals surface area contributed by atoms with Crippen molar-refractivity contribution in [2.45, 2.75) is 18.5 Å². The molecule has 0 radical (unpaired) electrons. The molecule has 11 nitrogen and oxygen atoms in total. The van der Waals surface area contributed by atoms with E-state index in [9.17, 15) is 19.2 Å². The number of amides is 3. The van der Waals surface area contributed by atoms with Gasteiger partial charge < -0.3 is 24.6 Å². The van der Waals surface area contributed by atoms with Crippen molar-refractivity contribution in [2.75, 3.05) is 40.5 Å². The fourth-order valence-corrected chi connectivity index (χ4v) is 3.73. The lowest BCUT2D eigenvalue weighted by Gasteiger charge is -2.40. The molecule has 1 aliphatic rings. The smallest absolute Gasteiger partial charge is 0.328 e. The molecule has 0 aliphatic carbocycles. The lowest BCUT2D eigenvalue weighted by molar-refractivity contribution is -0.149. The van der Waals surface area contributed by atoms with Crippen molar-refractivity contribution in [3.63, 3.8) is 0 Å². The van der Waals surface area contributed by atoms with Gasteiger partial charge in [-0.1, -0.05) is 6.07 Å². The number of hydrogen-bond donors (Lipinski definition) is 1. The van der Waals surface area contributed by atoms with Crippen LogP contribution >= 0.6 is 0 Å². The Bertz CT molecular complexity index is 1000. The van der Waals surface area contributed by atoms with Gasteiger partial charge in [0.15, 0.2) is 0 Å². The highest BCUT2D eigenvalue weighted by atomic mass is 16.5. The summed E-state index contributed by atoms with van der Waals surface area (Å²) in [5, 5.41) is 2.69. The summed E-state index contributed by atoms with van der Waals surface area (Å²) in [5.74, 6) is -1.90. The molecular formula is C23H27N5O6. The molecule has 34 heavy (non-hydrogen) atoms. The van der Waals surface area contributed by atoms with Crippen LogP contribution in [0.3, 0.4) is 0 Å². The van der Waals surface area contributed by atoms with Gasteiger partial charge in [-0.2, -0.15) is 0 Å². The third kappa shape index (κ3) is 6.13. The quantitative estimate of drug-likeness (QED) is 0.521. The number of esters is 1. The van der Waals surface area contributed by atoms with Crippen molar-refractivity contribution >= 4 is 23.7 Å². The molecule has 0 aromatic carbocycles. The third-order valence-electron chi connectivity index (χ3n) is 5.43. The summed E-state index contributed by atoms with van der Waals surface area (Å²) in [5.41, 5.74) is 1.10. The van der Waals surface area contributed by atoms with Crippen molar-refractivity contribution in [1.82, 2.24) is 25.1 Å². The summed E-state index contributed by atoms with van der Waals surface area (Å²) in [6, 6.07) is 4.77. The number of pyridine rings is 2. The Morgan fingerprint density at radius 2 is 1.82 bits per heavy atom. The van der Waals surface area contributed by atoms with E-state index in [0.717, 1.165) is 5.56 Å². The number of methoxy groups -OCH3 is 2. The van der Waals surface area contributed by atoms with Crippen molar-refractivity contribution < 1.29 is 28.7 Å². The second kappa shape index (κ2) is 11.8. The Labute approximate surface area is 197 Å². The molecule has 11 heteroatoms. The Morgan fingerprint density at radius 1 is 1.09 bits per heavy atom. The van der Waals surface area contributed by atoms with Gasteiger partial charge in [-0.15, -0.1) is 0 Å². The van der Waals surface area contributed by atoms with Gasteiger partial charge in [-0.05, 0) is 23.8 Å². The Morgan fingerprint density at radius 3 is 2.44 bits per heavy atom. The van der Waals surface area contributed by atoms with E-state index >= 15 is 0 Å². The van der Waals surface area contributed by atoms with Gasteiger partial charge in [0.25, 0.3) is 5.91 Å². The van der Waals surface area contributed by atoms with Crippen molar-refractivity contribution in [3.05, 3.63) is 60.2 Å². The first-order chi connectivity index (χ1) is 16.4. The number of rotatable bonds is 8. The number of carbonyl (C=O) groups is 4. The molecule has 2 aromatic heterocycles. The first kappa shape index (κ1) is 24.8. The van der Waals surface area contributed by atoms with E-state index in [2.05, 4.69) is 15.3 Å². The van der Waals surface area contributed by atoms with E-state index < -0.39 is 29.9 Å². The molecule has 1 aliphatic heterocycles. The van der Waals surface area contributed by atoms with Crippen LogP contribution in [0.15, 0.2) is 49.1 Å². The molecule has 0 spiro atoms. The lowest BCUT2D eigenvalue weighted by Crippen LogP contribution is -2.63. The predicted octanol–water partition coefficient (Wildman–Crippen LogP) is -0.323. The number of carbonyl (C=O) groups excluding carboxylic acids is 4. The van der Waals surface area contributed by atoms with Gasteiger partial charge in [0.2, 0.25) is 11.8 Å². The maximum atomic E-state index is 13.3.